The Labute approximate surface area is 162 Å². The van der Waals surface area contributed by atoms with E-state index < -0.39 is 0 Å². The third kappa shape index (κ3) is 3.42. The van der Waals surface area contributed by atoms with Gasteiger partial charge in [-0.2, -0.15) is 0 Å². The van der Waals surface area contributed by atoms with Crippen molar-refractivity contribution in [2.24, 2.45) is 7.05 Å². The van der Waals surface area contributed by atoms with Crippen LogP contribution in [-0.4, -0.2) is 53.9 Å². The minimum atomic E-state index is 0.0431. The number of aromatic nitrogens is 1. The molecule has 0 bridgehead atoms. The maximum absolute atomic E-state index is 13.5. The lowest BCUT2D eigenvalue weighted by atomic mass is 10.1. The second-order valence-electron chi connectivity index (χ2n) is 7.22. The second-order valence-corrected chi connectivity index (χ2v) is 8.01. The number of hydrogen-bond acceptors (Lipinski definition) is 3. The third-order valence-corrected chi connectivity index (χ3v) is 6.23. The molecule has 6 heteroatoms. The van der Waals surface area contributed by atoms with E-state index >= 15 is 0 Å². The van der Waals surface area contributed by atoms with Crippen molar-refractivity contribution in [3.05, 3.63) is 34.4 Å². The Morgan fingerprint density at radius 3 is 2.31 bits per heavy atom. The van der Waals surface area contributed by atoms with Crippen LogP contribution in [0.15, 0.2) is 28.7 Å². The molecule has 0 saturated carbocycles. The smallest absolute Gasteiger partial charge is 0.271 e. The maximum atomic E-state index is 13.5. The fourth-order valence-electron chi connectivity index (χ4n) is 4.04. The standard InChI is InChI=1S/C20H25BrN2O3/c1-22-17-9-3-2-8-16(17)18(21)19(22)20(24)23(12-14-6-4-10-25-14)13-15-7-5-11-26-15/h2-3,8-9,14-15H,4-7,10-13H2,1H3/t14-,15+. The lowest BCUT2D eigenvalue weighted by molar-refractivity contribution is 0.0302. The maximum Gasteiger partial charge on any atom is 0.271 e. The lowest BCUT2D eigenvalue weighted by Gasteiger charge is -2.28. The van der Waals surface area contributed by atoms with Gasteiger partial charge >= 0.3 is 0 Å². The van der Waals surface area contributed by atoms with Gasteiger partial charge in [-0.05, 0) is 47.7 Å². The molecule has 0 radical (unpaired) electrons. The number of para-hydroxylation sites is 1. The molecular weight excluding hydrogens is 396 g/mol. The van der Waals surface area contributed by atoms with Crippen LogP contribution >= 0.6 is 15.9 Å². The number of benzene rings is 1. The highest BCUT2D eigenvalue weighted by Crippen LogP contribution is 2.31. The minimum Gasteiger partial charge on any atom is -0.376 e. The number of aryl methyl sites for hydroxylation is 1. The van der Waals surface area contributed by atoms with E-state index in [1.807, 2.05) is 40.8 Å². The number of nitrogens with zero attached hydrogens (tertiary/aromatic N) is 2. The topological polar surface area (TPSA) is 43.7 Å². The summed E-state index contributed by atoms with van der Waals surface area (Å²) in [4.78, 5) is 15.4. The van der Waals surface area contributed by atoms with Gasteiger partial charge < -0.3 is 18.9 Å². The number of rotatable bonds is 5. The van der Waals surface area contributed by atoms with Crippen molar-refractivity contribution < 1.29 is 14.3 Å². The average molecular weight is 421 g/mol. The first-order chi connectivity index (χ1) is 12.6. The van der Waals surface area contributed by atoms with E-state index in [9.17, 15) is 4.79 Å². The predicted octanol–water partition coefficient (Wildman–Crippen LogP) is 3.74. The van der Waals surface area contributed by atoms with Crippen LogP contribution in [0.25, 0.3) is 10.9 Å². The molecule has 2 aromatic rings. The van der Waals surface area contributed by atoms with E-state index in [4.69, 9.17) is 9.47 Å². The number of carbonyl (C=O) groups is 1. The van der Waals surface area contributed by atoms with E-state index in [0.29, 0.717) is 18.8 Å². The number of hydrogen-bond donors (Lipinski definition) is 0. The minimum absolute atomic E-state index is 0.0431. The zero-order valence-corrected chi connectivity index (χ0v) is 16.7. The molecule has 2 atom stereocenters. The van der Waals surface area contributed by atoms with Crippen molar-refractivity contribution in [3.63, 3.8) is 0 Å². The molecule has 26 heavy (non-hydrogen) atoms. The summed E-state index contributed by atoms with van der Waals surface area (Å²) in [6.07, 6.45) is 4.45. The summed E-state index contributed by atoms with van der Waals surface area (Å²) in [6, 6.07) is 8.08. The summed E-state index contributed by atoms with van der Waals surface area (Å²) in [5, 5.41) is 1.06. The monoisotopic (exact) mass is 420 g/mol. The van der Waals surface area contributed by atoms with Crippen LogP contribution in [0.3, 0.4) is 0 Å². The van der Waals surface area contributed by atoms with E-state index in [1.54, 1.807) is 0 Å². The Bertz CT molecular complexity index is 735. The third-order valence-electron chi connectivity index (χ3n) is 5.43. The molecule has 0 aliphatic carbocycles. The first kappa shape index (κ1) is 18.0. The van der Waals surface area contributed by atoms with Crippen LogP contribution in [0.1, 0.15) is 36.2 Å². The Morgan fingerprint density at radius 1 is 1.15 bits per heavy atom. The Kier molecular flexibility index (Phi) is 5.34. The molecule has 2 fully saturated rings. The molecule has 2 saturated heterocycles. The highest BCUT2D eigenvalue weighted by atomic mass is 79.9. The molecule has 2 aliphatic heterocycles. The van der Waals surface area contributed by atoms with Gasteiger partial charge in [-0.1, -0.05) is 18.2 Å². The molecule has 0 N–H and O–H groups in total. The first-order valence-electron chi connectivity index (χ1n) is 9.40. The summed E-state index contributed by atoms with van der Waals surface area (Å²) in [5.74, 6) is 0.0431. The zero-order chi connectivity index (χ0) is 18.1. The van der Waals surface area contributed by atoms with Gasteiger partial charge in [-0.15, -0.1) is 0 Å². The predicted molar refractivity (Wildman–Crippen MR) is 104 cm³/mol. The van der Waals surface area contributed by atoms with Gasteiger partial charge in [0.25, 0.3) is 5.91 Å². The number of halogens is 1. The van der Waals surface area contributed by atoms with Crippen molar-refractivity contribution in [2.75, 3.05) is 26.3 Å². The molecule has 140 valence electrons. The zero-order valence-electron chi connectivity index (χ0n) is 15.1. The number of carbonyl (C=O) groups excluding carboxylic acids is 1. The van der Waals surface area contributed by atoms with Gasteiger partial charge in [0.1, 0.15) is 5.69 Å². The largest absolute Gasteiger partial charge is 0.376 e. The van der Waals surface area contributed by atoms with Crippen molar-refractivity contribution in [2.45, 2.75) is 37.9 Å². The molecule has 5 nitrogen and oxygen atoms in total. The first-order valence-corrected chi connectivity index (χ1v) is 10.2. The molecule has 3 heterocycles. The molecule has 1 aromatic heterocycles. The number of amides is 1. The van der Waals surface area contributed by atoms with Gasteiger partial charge in [-0.25, -0.2) is 0 Å². The van der Waals surface area contributed by atoms with E-state index in [0.717, 1.165) is 54.3 Å². The molecule has 0 spiro atoms. The van der Waals surface area contributed by atoms with Gasteiger partial charge in [0, 0.05) is 44.3 Å². The average Bonchev–Trinajstić information content (AvgIpc) is 3.38. The van der Waals surface area contributed by atoms with Gasteiger partial charge in [0.2, 0.25) is 0 Å². The van der Waals surface area contributed by atoms with Crippen molar-refractivity contribution in [1.29, 1.82) is 0 Å². The molecule has 1 aromatic carbocycles. The van der Waals surface area contributed by atoms with Gasteiger partial charge in [0.15, 0.2) is 0 Å². The fraction of sp³-hybridized carbons (Fsp3) is 0.550. The van der Waals surface area contributed by atoms with Crippen molar-refractivity contribution >= 4 is 32.7 Å². The van der Waals surface area contributed by atoms with Crippen LogP contribution < -0.4 is 0 Å². The molecule has 0 unspecified atom stereocenters. The SMILES string of the molecule is Cn1c(C(=O)N(C[C@H]2CCCO2)C[C@@H]2CCCO2)c(Br)c2ccccc21. The normalized spacial score (nSPS) is 23.0. The number of fused-ring (bicyclic) bond motifs is 1. The summed E-state index contributed by atoms with van der Waals surface area (Å²) < 4.78 is 14.5. The summed E-state index contributed by atoms with van der Waals surface area (Å²) in [6.45, 7) is 2.86. The van der Waals surface area contributed by atoms with Crippen LogP contribution in [0, 0.1) is 0 Å². The van der Waals surface area contributed by atoms with Crippen LogP contribution in [0.4, 0.5) is 0 Å². The highest BCUT2D eigenvalue weighted by Gasteiger charge is 2.30. The Balaban J connectivity index is 1.64. The summed E-state index contributed by atoms with van der Waals surface area (Å²) in [5.41, 5.74) is 1.75. The van der Waals surface area contributed by atoms with Crippen molar-refractivity contribution in [3.8, 4) is 0 Å². The fourth-order valence-corrected chi connectivity index (χ4v) is 4.81. The molecular formula is C20H25BrN2O3. The van der Waals surface area contributed by atoms with E-state index in [1.165, 1.54) is 0 Å². The van der Waals surface area contributed by atoms with Crippen molar-refractivity contribution in [1.82, 2.24) is 9.47 Å². The quantitative estimate of drug-likeness (QED) is 0.739. The van der Waals surface area contributed by atoms with Gasteiger partial charge in [0.05, 0.1) is 16.7 Å². The Hall–Kier alpha value is -1.37. The molecule has 2 aliphatic rings. The lowest BCUT2D eigenvalue weighted by Crippen LogP contribution is -2.42. The van der Waals surface area contributed by atoms with E-state index in [-0.39, 0.29) is 18.1 Å². The van der Waals surface area contributed by atoms with Gasteiger partial charge in [-0.3, -0.25) is 4.79 Å². The second kappa shape index (κ2) is 7.71. The van der Waals surface area contributed by atoms with Crippen LogP contribution in [0.2, 0.25) is 0 Å². The summed E-state index contributed by atoms with van der Waals surface area (Å²) >= 11 is 3.67. The highest BCUT2D eigenvalue weighted by molar-refractivity contribution is 9.10. The van der Waals surface area contributed by atoms with Crippen LogP contribution in [-0.2, 0) is 16.5 Å². The molecule has 1 amide bonds. The molecule has 4 rings (SSSR count). The Morgan fingerprint density at radius 2 is 1.77 bits per heavy atom. The van der Waals surface area contributed by atoms with E-state index in [2.05, 4.69) is 15.9 Å². The number of ether oxygens (including phenoxy) is 2. The van der Waals surface area contributed by atoms with Crippen LogP contribution in [0.5, 0.6) is 0 Å². The summed E-state index contributed by atoms with van der Waals surface area (Å²) in [7, 11) is 1.96.